The second kappa shape index (κ2) is 4.71. The number of rotatable bonds is 4. The molecule has 6 heteroatoms. The van der Waals surface area contributed by atoms with E-state index in [1.165, 1.54) is 17.7 Å². The summed E-state index contributed by atoms with van der Waals surface area (Å²) in [6.45, 7) is 0.658. The van der Waals surface area contributed by atoms with Crippen molar-refractivity contribution >= 4 is 23.4 Å². The van der Waals surface area contributed by atoms with E-state index in [0.717, 1.165) is 15.8 Å². The quantitative estimate of drug-likeness (QED) is 0.815. The molecule has 0 saturated carbocycles. The van der Waals surface area contributed by atoms with Gasteiger partial charge in [0.1, 0.15) is 12.7 Å². The zero-order chi connectivity index (χ0) is 11.4. The van der Waals surface area contributed by atoms with Gasteiger partial charge in [-0.1, -0.05) is 0 Å². The van der Waals surface area contributed by atoms with Crippen LogP contribution in [0.2, 0.25) is 0 Å². The average Bonchev–Trinajstić information content (AvgIpc) is 2.87. The molecule has 0 aliphatic carbocycles. The molecule has 82 valence electrons. The van der Waals surface area contributed by atoms with E-state index in [1.54, 1.807) is 17.1 Å². The number of carbonyl (C=O) groups is 1. The van der Waals surface area contributed by atoms with Crippen LogP contribution in [0.5, 0.6) is 0 Å². The third-order valence-corrected chi connectivity index (χ3v) is 2.89. The fourth-order valence-electron chi connectivity index (χ4n) is 1.20. The smallest absolute Gasteiger partial charge is 0.328 e. The monoisotopic (exact) mass is 235 g/mol. The van der Waals surface area contributed by atoms with Gasteiger partial charge in [-0.3, -0.25) is 0 Å². The van der Waals surface area contributed by atoms with Crippen LogP contribution < -0.4 is 0 Å². The predicted octanol–water partition coefficient (Wildman–Crippen LogP) is 1.49. The molecule has 0 unspecified atom stereocenters. The van der Waals surface area contributed by atoms with E-state index in [9.17, 15) is 4.79 Å². The molecule has 0 radical (unpaired) electrons. The van der Waals surface area contributed by atoms with E-state index in [0.29, 0.717) is 6.54 Å². The predicted molar refractivity (Wildman–Crippen MR) is 60.1 cm³/mol. The molecule has 2 aromatic heterocycles. The Morgan fingerprint density at radius 1 is 1.56 bits per heavy atom. The van der Waals surface area contributed by atoms with Crippen LogP contribution in [0.25, 0.3) is 6.08 Å². The summed E-state index contributed by atoms with van der Waals surface area (Å²) in [4.78, 5) is 16.2. The number of nitrogens with zero attached hydrogens (tertiary/aromatic N) is 3. The van der Waals surface area contributed by atoms with Crippen molar-refractivity contribution in [2.75, 3.05) is 0 Å². The second-order valence-corrected chi connectivity index (χ2v) is 4.27. The lowest BCUT2D eigenvalue weighted by molar-refractivity contribution is -0.131. The first-order chi connectivity index (χ1) is 7.74. The van der Waals surface area contributed by atoms with Crippen LogP contribution in [0.4, 0.5) is 0 Å². The minimum Gasteiger partial charge on any atom is -0.478 e. The van der Waals surface area contributed by atoms with Crippen molar-refractivity contribution in [2.45, 2.75) is 6.54 Å². The van der Waals surface area contributed by atoms with Gasteiger partial charge in [0.2, 0.25) is 0 Å². The van der Waals surface area contributed by atoms with Crippen LogP contribution in [-0.2, 0) is 11.3 Å². The molecule has 2 heterocycles. The molecule has 16 heavy (non-hydrogen) atoms. The van der Waals surface area contributed by atoms with Crippen molar-refractivity contribution in [1.29, 1.82) is 0 Å². The van der Waals surface area contributed by atoms with Gasteiger partial charge in [-0.2, -0.15) is 5.10 Å². The minimum atomic E-state index is -0.939. The lowest BCUT2D eigenvalue weighted by atomic mass is 10.4. The Morgan fingerprint density at radius 2 is 2.44 bits per heavy atom. The molecule has 0 amide bonds. The first-order valence-corrected chi connectivity index (χ1v) is 5.38. The van der Waals surface area contributed by atoms with Gasteiger partial charge in [0.05, 0.1) is 6.54 Å². The zero-order valence-electron chi connectivity index (χ0n) is 8.28. The molecule has 1 N–H and O–H groups in total. The van der Waals surface area contributed by atoms with E-state index in [-0.39, 0.29) is 0 Å². The van der Waals surface area contributed by atoms with Gasteiger partial charge in [0, 0.05) is 15.8 Å². The van der Waals surface area contributed by atoms with Crippen LogP contribution in [0.3, 0.4) is 0 Å². The summed E-state index contributed by atoms with van der Waals surface area (Å²) in [5, 5.41) is 12.5. The zero-order valence-corrected chi connectivity index (χ0v) is 9.09. The van der Waals surface area contributed by atoms with Crippen molar-refractivity contribution in [2.24, 2.45) is 0 Å². The fraction of sp³-hybridized carbons (Fsp3) is 0.100. The Bertz CT molecular complexity index is 502. The maximum Gasteiger partial charge on any atom is 0.328 e. The highest BCUT2D eigenvalue weighted by Crippen LogP contribution is 2.18. The van der Waals surface area contributed by atoms with Crippen LogP contribution in [0, 0.1) is 0 Å². The summed E-state index contributed by atoms with van der Waals surface area (Å²) in [7, 11) is 0. The highest BCUT2D eigenvalue weighted by atomic mass is 32.1. The topological polar surface area (TPSA) is 68.0 Å². The minimum absolute atomic E-state index is 0.658. The second-order valence-electron chi connectivity index (χ2n) is 3.07. The Balaban J connectivity index is 2.05. The fourth-order valence-corrected chi connectivity index (χ4v) is 2.10. The van der Waals surface area contributed by atoms with E-state index >= 15 is 0 Å². The Morgan fingerprint density at radius 3 is 3.12 bits per heavy atom. The van der Waals surface area contributed by atoms with E-state index in [4.69, 9.17) is 5.11 Å². The highest BCUT2D eigenvalue weighted by Gasteiger charge is 1.99. The number of aromatic nitrogens is 3. The molecule has 0 atom stereocenters. The number of hydrogen-bond acceptors (Lipinski definition) is 4. The largest absolute Gasteiger partial charge is 0.478 e. The Labute approximate surface area is 95.7 Å². The SMILES string of the molecule is O=C(O)C=Cc1ccc(Cn2cncn2)s1. The van der Waals surface area contributed by atoms with Crippen molar-refractivity contribution < 1.29 is 9.90 Å². The molecule has 5 nitrogen and oxygen atoms in total. The summed E-state index contributed by atoms with van der Waals surface area (Å²) in [6.07, 6.45) is 5.84. The van der Waals surface area contributed by atoms with Crippen LogP contribution in [-0.4, -0.2) is 25.8 Å². The van der Waals surface area contributed by atoms with Crippen LogP contribution >= 0.6 is 11.3 Å². The molecular formula is C10H9N3O2S. The van der Waals surface area contributed by atoms with Crippen molar-refractivity contribution in [1.82, 2.24) is 14.8 Å². The number of carboxylic acid groups (broad SMARTS) is 1. The standard InChI is InChI=1S/C10H9N3O2S/c14-10(15)4-3-8-1-2-9(16-8)5-13-7-11-6-12-13/h1-4,6-7H,5H2,(H,14,15). The van der Waals surface area contributed by atoms with Gasteiger partial charge >= 0.3 is 5.97 Å². The summed E-state index contributed by atoms with van der Waals surface area (Å²) >= 11 is 1.53. The normalized spacial score (nSPS) is 11.0. The number of aliphatic carboxylic acids is 1. The lowest BCUT2D eigenvalue weighted by Gasteiger charge is -1.94. The Hall–Kier alpha value is -1.95. The maximum absolute atomic E-state index is 10.3. The van der Waals surface area contributed by atoms with Crippen molar-refractivity contribution in [3.05, 3.63) is 40.6 Å². The molecule has 0 aliphatic heterocycles. The molecular weight excluding hydrogens is 226 g/mol. The molecule has 0 aromatic carbocycles. The van der Waals surface area contributed by atoms with Crippen LogP contribution in [0.1, 0.15) is 9.75 Å². The van der Waals surface area contributed by atoms with Gasteiger partial charge in [-0.25, -0.2) is 14.5 Å². The first-order valence-electron chi connectivity index (χ1n) is 4.56. The van der Waals surface area contributed by atoms with Gasteiger partial charge in [0.25, 0.3) is 0 Å². The third kappa shape index (κ3) is 2.77. The molecule has 0 saturated heterocycles. The maximum atomic E-state index is 10.3. The van der Waals surface area contributed by atoms with E-state index in [2.05, 4.69) is 10.1 Å². The average molecular weight is 235 g/mol. The van der Waals surface area contributed by atoms with Gasteiger partial charge in [-0.05, 0) is 18.2 Å². The first kappa shape index (κ1) is 10.6. The Kier molecular flexibility index (Phi) is 3.11. The van der Waals surface area contributed by atoms with Crippen molar-refractivity contribution in [3.8, 4) is 0 Å². The van der Waals surface area contributed by atoms with Gasteiger partial charge in [-0.15, -0.1) is 11.3 Å². The van der Waals surface area contributed by atoms with E-state index < -0.39 is 5.97 Å². The van der Waals surface area contributed by atoms with Crippen molar-refractivity contribution in [3.63, 3.8) is 0 Å². The molecule has 2 rings (SSSR count). The summed E-state index contributed by atoms with van der Waals surface area (Å²) in [6, 6.07) is 3.84. The molecule has 0 aliphatic rings. The molecule has 0 fully saturated rings. The van der Waals surface area contributed by atoms with Gasteiger partial charge in [0.15, 0.2) is 0 Å². The van der Waals surface area contributed by atoms with E-state index in [1.807, 2.05) is 12.1 Å². The summed E-state index contributed by atoms with van der Waals surface area (Å²) in [5.74, 6) is -0.939. The number of hydrogen-bond donors (Lipinski definition) is 1. The highest BCUT2D eigenvalue weighted by molar-refractivity contribution is 7.12. The molecule has 2 aromatic rings. The number of thiophene rings is 1. The lowest BCUT2D eigenvalue weighted by Crippen LogP contribution is -1.97. The molecule has 0 spiro atoms. The summed E-state index contributed by atoms with van der Waals surface area (Å²) in [5.41, 5.74) is 0. The van der Waals surface area contributed by atoms with Crippen LogP contribution in [0.15, 0.2) is 30.9 Å². The van der Waals surface area contributed by atoms with Gasteiger partial charge < -0.3 is 5.11 Å². The third-order valence-electron chi connectivity index (χ3n) is 1.86. The molecule has 0 bridgehead atoms. The summed E-state index contributed by atoms with van der Waals surface area (Å²) < 4.78 is 1.72. The number of carboxylic acids is 1.